The number of hydrogen-bond acceptors (Lipinski definition) is 6. The van der Waals surface area contributed by atoms with Gasteiger partial charge in [0.15, 0.2) is 0 Å². The van der Waals surface area contributed by atoms with Gasteiger partial charge in [0.25, 0.3) is 0 Å². The highest BCUT2D eigenvalue weighted by atomic mass is 35.5. The molecular formula is C18H26ClN7O. The van der Waals surface area contributed by atoms with Crippen molar-refractivity contribution in [2.75, 3.05) is 39.3 Å². The number of nitrogens with one attached hydrogen (secondary N) is 1. The lowest BCUT2D eigenvalue weighted by Gasteiger charge is -2.32. The van der Waals surface area contributed by atoms with Gasteiger partial charge in [0.2, 0.25) is 11.7 Å². The molecule has 1 aromatic heterocycles. The van der Waals surface area contributed by atoms with Crippen LogP contribution in [0.1, 0.15) is 19.4 Å². The van der Waals surface area contributed by atoms with Crippen LogP contribution in [0.25, 0.3) is 11.4 Å². The minimum Gasteiger partial charge on any atom is -0.339 e. The van der Waals surface area contributed by atoms with E-state index in [2.05, 4.69) is 25.6 Å². The molecule has 2 unspecified atom stereocenters. The van der Waals surface area contributed by atoms with Crippen molar-refractivity contribution in [3.05, 3.63) is 30.3 Å². The molecule has 2 fully saturated rings. The van der Waals surface area contributed by atoms with Crippen LogP contribution >= 0.6 is 12.4 Å². The third-order valence-corrected chi connectivity index (χ3v) is 5.31. The SMILES string of the molecule is CC(C(=O)N1CCC(N2CCNCC2)C1)n1nnc(-c2ccccc2)n1.Cl. The molecule has 2 saturated heterocycles. The lowest BCUT2D eigenvalue weighted by Crippen LogP contribution is -2.49. The summed E-state index contributed by atoms with van der Waals surface area (Å²) < 4.78 is 0. The standard InChI is InChI=1S/C18H25N7O.ClH/c1-14(25-21-17(20-22-25)15-5-3-2-4-6-15)18(26)24-10-7-16(13-24)23-11-8-19-9-12-23;/h2-6,14,16,19H,7-13H2,1H3;1H. The number of tetrazole rings is 1. The number of piperazine rings is 1. The van der Waals surface area contributed by atoms with E-state index in [1.807, 2.05) is 42.2 Å². The van der Waals surface area contributed by atoms with Gasteiger partial charge in [-0.15, -0.1) is 22.6 Å². The van der Waals surface area contributed by atoms with Crippen LogP contribution in [0.2, 0.25) is 0 Å². The molecule has 1 aromatic carbocycles. The first kappa shape index (κ1) is 19.7. The Balaban J connectivity index is 0.00000210. The molecule has 2 aromatic rings. The Morgan fingerprint density at radius 2 is 1.93 bits per heavy atom. The Hall–Kier alpha value is -2.03. The topological polar surface area (TPSA) is 79.2 Å². The maximum Gasteiger partial charge on any atom is 0.249 e. The predicted molar refractivity (Wildman–Crippen MR) is 105 cm³/mol. The van der Waals surface area contributed by atoms with Gasteiger partial charge in [0, 0.05) is 50.9 Å². The number of aromatic nitrogens is 4. The van der Waals surface area contributed by atoms with Crippen molar-refractivity contribution in [2.45, 2.75) is 25.4 Å². The van der Waals surface area contributed by atoms with Crippen LogP contribution in [-0.2, 0) is 4.79 Å². The van der Waals surface area contributed by atoms with Crippen molar-refractivity contribution in [3.8, 4) is 11.4 Å². The molecule has 1 N–H and O–H groups in total. The Bertz CT molecular complexity index is 747. The zero-order chi connectivity index (χ0) is 17.9. The number of rotatable bonds is 4. The van der Waals surface area contributed by atoms with Gasteiger partial charge in [-0.25, -0.2) is 0 Å². The smallest absolute Gasteiger partial charge is 0.249 e. The van der Waals surface area contributed by atoms with Crippen LogP contribution < -0.4 is 5.32 Å². The van der Waals surface area contributed by atoms with Gasteiger partial charge in [-0.2, -0.15) is 4.80 Å². The number of nitrogens with zero attached hydrogens (tertiary/aromatic N) is 6. The van der Waals surface area contributed by atoms with Crippen molar-refractivity contribution in [1.29, 1.82) is 0 Å². The molecule has 0 bridgehead atoms. The Kier molecular flexibility index (Phi) is 6.41. The second kappa shape index (κ2) is 8.77. The number of benzene rings is 1. The van der Waals surface area contributed by atoms with Crippen LogP contribution in [0.5, 0.6) is 0 Å². The summed E-state index contributed by atoms with van der Waals surface area (Å²) in [5, 5.41) is 16.0. The quantitative estimate of drug-likeness (QED) is 0.831. The van der Waals surface area contributed by atoms with Crippen molar-refractivity contribution >= 4 is 18.3 Å². The molecule has 0 aliphatic carbocycles. The Morgan fingerprint density at radius 3 is 2.67 bits per heavy atom. The predicted octanol–water partition coefficient (Wildman–Crippen LogP) is 0.829. The molecular weight excluding hydrogens is 366 g/mol. The van der Waals surface area contributed by atoms with E-state index in [4.69, 9.17) is 0 Å². The van der Waals surface area contributed by atoms with Crippen molar-refractivity contribution < 1.29 is 4.79 Å². The minimum absolute atomic E-state index is 0. The van der Waals surface area contributed by atoms with Crippen LogP contribution in [0.4, 0.5) is 0 Å². The van der Waals surface area contributed by atoms with Crippen molar-refractivity contribution in [2.24, 2.45) is 0 Å². The molecule has 0 radical (unpaired) electrons. The fourth-order valence-corrected chi connectivity index (χ4v) is 3.74. The summed E-state index contributed by atoms with van der Waals surface area (Å²) in [6, 6.07) is 9.72. The lowest BCUT2D eigenvalue weighted by atomic mass is 10.2. The number of hydrogen-bond donors (Lipinski definition) is 1. The summed E-state index contributed by atoms with van der Waals surface area (Å²) in [5.41, 5.74) is 0.901. The maximum atomic E-state index is 12.9. The van der Waals surface area contributed by atoms with Gasteiger partial charge in [0.05, 0.1) is 0 Å². The highest BCUT2D eigenvalue weighted by molar-refractivity contribution is 5.85. The fourth-order valence-electron chi connectivity index (χ4n) is 3.74. The lowest BCUT2D eigenvalue weighted by molar-refractivity contribution is -0.134. The number of carbonyl (C=O) groups excluding carboxylic acids is 1. The van der Waals surface area contributed by atoms with E-state index in [9.17, 15) is 4.79 Å². The van der Waals surface area contributed by atoms with E-state index in [1.54, 1.807) is 0 Å². The van der Waals surface area contributed by atoms with Gasteiger partial charge >= 0.3 is 0 Å². The molecule has 27 heavy (non-hydrogen) atoms. The number of amides is 1. The summed E-state index contributed by atoms with van der Waals surface area (Å²) in [4.78, 5) is 18.8. The van der Waals surface area contributed by atoms with Gasteiger partial charge in [0.1, 0.15) is 6.04 Å². The van der Waals surface area contributed by atoms with E-state index >= 15 is 0 Å². The van der Waals surface area contributed by atoms with Gasteiger partial charge in [-0.05, 0) is 18.6 Å². The third kappa shape index (κ3) is 4.28. The number of carbonyl (C=O) groups is 1. The molecule has 2 aliphatic rings. The molecule has 146 valence electrons. The average molecular weight is 392 g/mol. The molecule has 0 spiro atoms. The second-order valence-corrected chi connectivity index (χ2v) is 6.99. The molecule has 0 saturated carbocycles. The Morgan fingerprint density at radius 1 is 1.19 bits per heavy atom. The zero-order valence-electron chi connectivity index (χ0n) is 15.5. The largest absolute Gasteiger partial charge is 0.339 e. The first-order valence-electron chi connectivity index (χ1n) is 9.31. The normalized spacial score (nSPS) is 21.7. The first-order chi connectivity index (χ1) is 12.7. The number of likely N-dealkylation sites (tertiary alicyclic amines) is 1. The van der Waals surface area contributed by atoms with Crippen LogP contribution in [-0.4, -0.2) is 81.2 Å². The van der Waals surface area contributed by atoms with E-state index < -0.39 is 6.04 Å². The molecule has 8 nitrogen and oxygen atoms in total. The second-order valence-electron chi connectivity index (χ2n) is 6.99. The van der Waals surface area contributed by atoms with Crippen LogP contribution in [0, 0.1) is 0 Å². The number of halogens is 1. The summed E-state index contributed by atoms with van der Waals surface area (Å²) >= 11 is 0. The molecule has 4 rings (SSSR count). The van der Waals surface area contributed by atoms with Gasteiger partial charge < -0.3 is 10.2 Å². The minimum atomic E-state index is -0.443. The zero-order valence-corrected chi connectivity index (χ0v) is 16.3. The van der Waals surface area contributed by atoms with Crippen LogP contribution in [0.15, 0.2) is 30.3 Å². The van der Waals surface area contributed by atoms with E-state index in [-0.39, 0.29) is 18.3 Å². The molecule has 2 aliphatic heterocycles. The monoisotopic (exact) mass is 391 g/mol. The summed E-state index contributed by atoms with van der Waals surface area (Å²) in [7, 11) is 0. The van der Waals surface area contributed by atoms with Crippen molar-refractivity contribution in [3.63, 3.8) is 0 Å². The molecule has 2 atom stereocenters. The molecule has 3 heterocycles. The van der Waals surface area contributed by atoms with E-state index in [0.29, 0.717) is 11.9 Å². The highest BCUT2D eigenvalue weighted by Gasteiger charge is 2.33. The molecule has 1 amide bonds. The van der Waals surface area contributed by atoms with E-state index in [1.165, 1.54) is 4.80 Å². The summed E-state index contributed by atoms with van der Waals surface area (Å²) in [6.45, 7) is 7.64. The van der Waals surface area contributed by atoms with E-state index in [0.717, 1.165) is 51.3 Å². The fraction of sp³-hybridized carbons (Fsp3) is 0.556. The molecule has 9 heteroatoms. The van der Waals surface area contributed by atoms with Gasteiger partial charge in [-0.3, -0.25) is 9.69 Å². The third-order valence-electron chi connectivity index (χ3n) is 5.31. The maximum absolute atomic E-state index is 12.9. The van der Waals surface area contributed by atoms with Gasteiger partial charge in [-0.1, -0.05) is 30.3 Å². The summed E-state index contributed by atoms with van der Waals surface area (Å²) in [5.74, 6) is 0.616. The summed E-state index contributed by atoms with van der Waals surface area (Å²) in [6.07, 6.45) is 1.04. The van der Waals surface area contributed by atoms with Crippen molar-refractivity contribution in [1.82, 2.24) is 35.3 Å². The average Bonchev–Trinajstić information content (AvgIpc) is 3.38. The first-order valence-corrected chi connectivity index (χ1v) is 9.31. The Labute approximate surface area is 165 Å². The highest BCUT2D eigenvalue weighted by Crippen LogP contribution is 2.20. The van der Waals surface area contributed by atoms with Crippen LogP contribution in [0.3, 0.4) is 0 Å².